The first kappa shape index (κ1) is 24.4. The fourth-order valence-electron chi connectivity index (χ4n) is 4.09. The van der Waals surface area contributed by atoms with Crippen molar-refractivity contribution in [3.8, 4) is 0 Å². The highest BCUT2D eigenvalue weighted by Crippen LogP contribution is 2.26. The molecule has 0 radical (unpaired) electrons. The van der Waals surface area contributed by atoms with Gasteiger partial charge in [0.2, 0.25) is 21.7 Å². The number of carbonyl (C=O) groups excluding carboxylic acids is 3. The summed E-state index contributed by atoms with van der Waals surface area (Å²) in [6.07, 6.45) is 5.32. The largest absolute Gasteiger partial charge is 0.364 e. The summed E-state index contributed by atoms with van der Waals surface area (Å²) in [5, 5.41) is 2.84. The smallest absolute Gasteiger partial charge is 0.265 e. The van der Waals surface area contributed by atoms with Gasteiger partial charge in [-0.25, -0.2) is 13.4 Å². The minimum absolute atomic E-state index is 0.00289. The summed E-state index contributed by atoms with van der Waals surface area (Å²) in [4.78, 5) is 40.8. The van der Waals surface area contributed by atoms with Crippen molar-refractivity contribution in [2.24, 2.45) is 25.7 Å². The Labute approximate surface area is 202 Å². The molecule has 0 unspecified atom stereocenters. The lowest BCUT2D eigenvalue weighted by atomic mass is 9.97. The number of piperidine rings is 1. The lowest BCUT2D eigenvalue weighted by Crippen LogP contribution is -2.41. The standard InChI is InChI=1S/C23H26N6O5S/c1-27-12-9-25-22(27)20(30)15-3-5-17(6-4-15)26-23(32)16-7-10-29(11-8-16)35(33,34)18-13-19(21(24)31)28(2)14-18/h3-6,9,12-14,16H,7-8,10-11H2,1-2H3,(H2,24,31)(H,26,32). The van der Waals surface area contributed by atoms with Crippen molar-refractivity contribution < 1.29 is 22.8 Å². The van der Waals surface area contributed by atoms with E-state index in [1.807, 2.05) is 0 Å². The van der Waals surface area contributed by atoms with Gasteiger partial charge in [-0.05, 0) is 43.2 Å². The van der Waals surface area contributed by atoms with Crippen LogP contribution in [0, 0.1) is 5.92 Å². The third kappa shape index (κ3) is 4.88. The second-order valence-corrected chi connectivity index (χ2v) is 10.4. The van der Waals surface area contributed by atoms with Crippen molar-refractivity contribution in [1.82, 2.24) is 18.4 Å². The SMILES string of the molecule is Cn1cc(S(=O)(=O)N2CCC(C(=O)Nc3ccc(C(=O)c4nccn4C)cc3)CC2)cc1C(N)=O. The second kappa shape index (κ2) is 9.47. The van der Waals surface area contributed by atoms with E-state index >= 15 is 0 Å². The molecule has 0 aliphatic carbocycles. The van der Waals surface area contributed by atoms with Crippen molar-refractivity contribution in [3.63, 3.8) is 0 Å². The van der Waals surface area contributed by atoms with Crippen LogP contribution in [-0.4, -0.2) is 57.5 Å². The number of anilines is 1. The minimum atomic E-state index is -3.81. The van der Waals surface area contributed by atoms with Crippen molar-refractivity contribution in [3.05, 3.63) is 66.0 Å². The molecule has 2 amide bonds. The average molecular weight is 499 g/mol. The summed E-state index contributed by atoms with van der Waals surface area (Å²) < 4.78 is 30.3. The molecule has 0 spiro atoms. The average Bonchev–Trinajstić information content (AvgIpc) is 3.45. The van der Waals surface area contributed by atoms with Gasteiger partial charge < -0.3 is 20.2 Å². The Kier molecular flexibility index (Phi) is 6.59. The Hall–Kier alpha value is -3.77. The zero-order valence-electron chi connectivity index (χ0n) is 19.3. The van der Waals surface area contributed by atoms with Crippen LogP contribution in [0.1, 0.15) is 39.5 Å². The molecule has 1 aliphatic rings. The van der Waals surface area contributed by atoms with Gasteiger partial charge >= 0.3 is 0 Å². The highest BCUT2D eigenvalue weighted by molar-refractivity contribution is 7.89. The van der Waals surface area contributed by atoms with Crippen LogP contribution < -0.4 is 11.1 Å². The van der Waals surface area contributed by atoms with Gasteiger partial charge in [-0.15, -0.1) is 0 Å². The molecule has 1 saturated heterocycles. The van der Waals surface area contributed by atoms with Gasteiger partial charge in [-0.2, -0.15) is 4.31 Å². The van der Waals surface area contributed by atoms with Crippen LogP contribution in [0.15, 0.2) is 53.8 Å². The number of nitrogens with two attached hydrogens (primary N) is 1. The van der Waals surface area contributed by atoms with E-state index in [2.05, 4.69) is 10.3 Å². The fourth-order valence-corrected chi connectivity index (χ4v) is 5.63. The van der Waals surface area contributed by atoms with Crippen LogP contribution >= 0.6 is 0 Å². The normalized spacial score (nSPS) is 15.1. The van der Waals surface area contributed by atoms with Crippen molar-refractivity contribution in [2.45, 2.75) is 17.7 Å². The summed E-state index contributed by atoms with van der Waals surface area (Å²) in [7, 11) is -0.514. The number of sulfonamides is 1. The number of amides is 2. The summed E-state index contributed by atoms with van der Waals surface area (Å²) in [6, 6.07) is 7.82. The summed E-state index contributed by atoms with van der Waals surface area (Å²) >= 11 is 0. The highest BCUT2D eigenvalue weighted by Gasteiger charge is 2.33. The molecule has 3 N–H and O–H groups in total. The predicted octanol–water partition coefficient (Wildman–Crippen LogP) is 1.13. The molecule has 0 saturated carbocycles. The maximum Gasteiger partial charge on any atom is 0.265 e. The lowest BCUT2D eigenvalue weighted by Gasteiger charge is -2.30. The number of ketones is 1. The van der Waals surface area contributed by atoms with Crippen LogP contribution in [0.4, 0.5) is 5.69 Å². The van der Waals surface area contributed by atoms with Crippen LogP contribution in [0.3, 0.4) is 0 Å². The number of nitrogens with one attached hydrogen (secondary N) is 1. The van der Waals surface area contributed by atoms with E-state index in [0.29, 0.717) is 29.9 Å². The molecule has 1 aromatic carbocycles. The third-order valence-corrected chi connectivity index (χ3v) is 8.00. The minimum Gasteiger partial charge on any atom is -0.364 e. The number of aryl methyl sites for hydroxylation is 2. The Morgan fingerprint density at radius 3 is 2.26 bits per heavy atom. The van der Waals surface area contributed by atoms with Gasteiger partial charge in [0.15, 0.2) is 5.82 Å². The summed E-state index contributed by atoms with van der Waals surface area (Å²) in [6.45, 7) is 0.358. The number of hydrogen-bond acceptors (Lipinski definition) is 6. The zero-order valence-corrected chi connectivity index (χ0v) is 20.2. The predicted molar refractivity (Wildman–Crippen MR) is 127 cm³/mol. The van der Waals surface area contributed by atoms with Gasteiger partial charge in [0.1, 0.15) is 10.6 Å². The van der Waals surface area contributed by atoms with E-state index in [9.17, 15) is 22.8 Å². The van der Waals surface area contributed by atoms with Gasteiger partial charge in [0.05, 0.1) is 0 Å². The molecule has 3 aromatic rings. The Morgan fingerprint density at radius 1 is 1.06 bits per heavy atom. The molecule has 3 heterocycles. The number of carbonyl (C=O) groups is 3. The second-order valence-electron chi connectivity index (χ2n) is 8.47. The monoisotopic (exact) mass is 498 g/mol. The zero-order chi connectivity index (χ0) is 25.3. The number of primary amides is 1. The van der Waals surface area contributed by atoms with Crippen LogP contribution in [0.25, 0.3) is 0 Å². The molecular weight excluding hydrogens is 472 g/mol. The van der Waals surface area contributed by atoms with Gasteiger partial charge in [0.25, 0.3) is 5.91 Å². The number of hydrogen-bond donors (Lipinski definition) is 2. The molecule has 184 valence electrons. The van der Waals surface area contributed by atoms with Crippen LogP contribution in [-0.2, 0) is 28.9 Å². The quantitative estimate of drug-likeness (QED) is 0.466. The number of imidazole rings is 1. The van der Waals surface area contributed by atoms with Crippen LogP contribution in [0.2, 0.25) is 0 Å². The topological polar surface area (TPSA) is 149 Å². The molecular formula is C23H26N6O5S. The van der Waals surface area contributed by atoms with E-state index in [-0.39, 0.29) is 41.3 Å². The van der Waals surface area contributed by atoms with Crippen molar-refractivity contribution in [2.75, 3.05) is 18.4 Å². The molecule has 0 atom stereocenters. The molecule has 2 aromatic heterocycles. The lowest BCUT2D eigenvalue weighted by molar-refractivity contribution is -0.120. The number of aromatic nitrogens is 3. The van der Waals surface area contributed by atoms with E-state index in [1.54, 1.807) is 55.3 Å². The van der Waals surface area contributed by atoms with Gasteiger partial charge in [-0.1, -0.05) is 0 Å². The first-order chi connectivity index (χ1) is 16.6. The summed E-state index contributed by atoms with van der Waals surface area (Å²) in [5.74, 6) is -1.17. The summed E-state index contributed by atoms with van der Waals surface area (Å²) in [5.41, 5.74) is 6.39. The number of benzene rings is 1. The molecule has 12 heteroatoms. The van der Waals surface area contributed by atoms with Gasteiger partial charge in [-0.3, -0.25) is 14.4 Å². The van der Waals surface area contributed by atoms with Crippen LogP contribution in [0.5, 0.6) is 0 Å². The molecule has 11 nitrogen and oxygen atoms in total. The molecule has 35 heavy (non-hydrogen) atoms. The molecule has 0 bridgehead atoms. The first-order valence-electron chi connectivity index (χ1n) is 11.0. The Balaban J connectivity index is 1.35. The molecule has 1 fully saturated rings. The van der Waals surface area contributed by atoms with E-state index in [1.165, 1.54) is 21.1 Å². The number of rotatable bonds is 7. The van der Waals surface area contributed by atoms with Crippen molar-refractivity contribution >= 4 is 33.3 Å². The number of nitrogens with zero attached hydrogens (tertiary/aromatic N) is 4. The maximum absolute atomic E-state index is 13.0. The first-order valence-corrected chi connectivity index (χ1v) is 12.4. The van der Waals surface area contributed by atoms with E-state index in [0.717, 1.165) is 0 Å². The Bertz CT molecular complexity index is 1380. The molecule has 4 rings (SSSR count). The fraction of sp³-hybridized carbons (Fsp3) is 0.304. The molecule has 1 aliphatic heterocycles. The van der Waals surface area contributed by atoms with E-state index < -0.39 is 15.9 Å². The third-order valence-electron chi connectivity index (χ3n) is 6.13. The van der Waals surface area contributed by atoms with Gasteiger partial charge in [0, 0.05) is 62.9 Å². The maximum atomic E-state index is 13.0. The highest BCUT2D eigenvalue weighted by atomic mass is 32.2. The van der Waals surface area contributed by atoms with E-state index in [4.69, 9.17) is 5.73 Å². The van der Waals surface area contributed by atoms with Crippen molar-refractivity contribution in [1.29, 1.82) is 0 Å². The Morgan fingerprint density at radius 2 is 1.71 bits per heavy atom.